The van der Waals surface area contributed by atoms with Gasteiger partial charge >= 0.3 is 0 Å². The Balaban J connectivity index is 2.01. The lowest BCUT2D eigenvalue weighted by molar-refractivity contribution is 0.165. The minimum absolute atomic E-state index is 0.616. The molecule has 2 rings (SSSR count). The van der Waals surface area contributed by atoms with Crippen molar-refractivity contribution in [3.05, 3.63) is 28.5 Å². The van der Waals surface area contributed by atoms with E-state index in [1.54, 1.807) is 0 Å². The molecule has 0 unspecified atom stereocenters. The Morgan fingerprint density at radius 2 is 2.53 bits per heavy atom. The fourth-order valence-electron chi connectivity index (χ4n) is 1.89. The molecular formula is C11H16BrN3. The molecule has 4 heteroatoms. The summed E-state index contributed by atoms with van der Waals surface area (Å²) in [5.41, 5.74) is 1.32. The zero-order valence-corrected chi connectivity index (χ0v) is 10.5. The molecule has 1 saturated heterocycles. The topological polar surface area (TPSA) is 28.2 Å². The van der Waals surface area contributed by atoms with Crippen molar-refractivity contribution in [1.29, 1.82) is 0 Å². The van der Waals surface area contributed by atoms with Crippen molar-refractivity contribution in [2.75, 3.05) is 19.6 Å². The van der Waals surface area contributed by atoms with Gasteiger partial charge in [-0.1, -0.05) is 0 Å². The molecule has 1 aromatic heterocycles. The summed E-state index contributed by atoms with van der Waals surface area (Å²) in [5, 5.41) is 3.40. The van der Waals surface area contributed by atoms with Crippen molar-refractivity contribution < 1.29 is 0 Å². The lowest BCUT2D eigenvalue weighted by Crippen LogP contribution is -2.49. The molecule has 0 aliphatic carbocycles. The summed E-state index contributed by atoms with van der Waals surface area (Å²) in [6.07, 6.45) is 1.85. The van der Waals surface area contributed by atoms with Gasteiger partial charge in [-0.05, 0) is 40.5 Å². The van der Waals surface area contributed by atoms with Crippen LogP contribution in [0, 0.1) is 0 Å². The Bertz CT molecular complexity index is 329. The minimum Gasteiger partial charge on any atom is -0.314 e. The van der Waals surface area contributed by atoms with Crippen LogP contribution in [0.5, 0.6) is 0 Å². The van der Waals surface area contributed by atoms with Gasteiger partial charge < -0.3 is 5.32 Å². The Labute approximate surface area is 99.0 Å². The van der Waals surface area contributed by atoms with Crippen LogP contribution in [0.15, 0.2) is 22.9 Å². The van der Waals surface area contributed by atoms with Crippen LogP contribution in [0.3, 0.4) is 0 Å². The number of halogens is 1. The van der Waals surface area contributed by atoms with E-state index in [1.165, 1.54) is 5.56 Å². The van der Waals surface area contributed by atoms with Crippen LogP contribution in [0.4, 0.5) is 0 Å². The van der Waals surface area contributed by atoms with Gasteiger partial charge in [0.05, 0.1) is 0 Å². The minimum atomic E-state index is 0.616. The van der Waals surface area contributed by atoms with Crippen molar-refractivity contribution in [1.82, 2.24) is 15.2 Å². The molecule has 0 amide bonds. The molecule has 1 atom stereocenters. The van der Waals surface area contributed by atoms with Crippen LogP contribution in [0.1, 0.15) is 12.5 Å². The van der Waals surface area contributed by atoms with Gasteiger partial charge in [-0.3, -0.25) is 4.90 Å². The van der Waals surface area contributed by atoms with Crippen molar-refractivity contribution in [3.8, 4) is 0 Å². The highest BCUT2D eigenvalue weighted by atomic mass is 79.9. The summed E-state index contributed by atoms with van der Waals surface area (Å²) in [6.45, 7) is 6.59. The van der Waals surface area contributed by atoms with Crippen LogP contribution in [0.2, 0.25) is 0 Å². The van der Waals surface area contributed by atoms with Crippen molar-refractivity contribution in [2.24, 2.45) is 0 Å². The summed E-state index contributed by atoms with van der Waals surface area (Å²) >= 11 is 3.40. The number of nitrogens with one attached hydrogen (secondary N) is 1. The van der Waals surface area contributed by atoms with Crippen LogP contribution < -0.4 is 5.32 Å². The molecule has 1 aliphatic rings. The smallest absolute Gasteiger partial charge is 0.106 e. The van der Waals surface area contributed by atoms with Crippen molar-refractivity contribution in [2.45, 2.75) is 19.5 Å². The first-order chi connectivity index (χ1) is 7.25. The Morgan fingerprint density at radius 1 is 1.67 bits per heavy atom. The maximum Gasteiger partial charge on any atom is 0.106 e. The van der Waals surface area contributed by atoms with E-state index in [9.17, 15) is 0 Å². The molecule has 1 N–H and O–H groups in total. The average Bonchev–Trinajstić information content (AvgIpc) is 2.22. The van der Waals surface area contributed by atoms with E-state index in [4.69, 9.17) is 0 Å². The van der Waals surface area contributed by atoms with Gasteiger partial charge in [-0.15, -0.1) is 0 Å². The molecular weight excluding hydrogens is 254 g/mol. The van der Waals surface area contributed by atoms with E-state index in [-0.39, 0.29) is 0 Å². The van der Waals surface area contributed by atoms with Gasteiger partial charge in [0, 0.05) is 38.4 Å². The molecule has 0 bridgehead atoms. The molecule has 0 spiro atoms. The normalized spacial score (nSPS) is 22.9. The molecule has 3 nitrogen and oxygen atoms in total. The molecule has 2 heterocycles. The molecule has 1 aromatic rings. The average molecular weight is 270 g/mol. The number of aromatic nitrogens is 1. The monoisotopic (exact) mass is 269 g/mol. The second-order valence-corrected chi connectivity index (χ2v) is 4.82. The summed E-state index contributed by atoms with van der Waals surface area (Å²) in [6, 6.07) is 4.79. The van der Waals surface area contributed by atoms with Crippen molar-refractivity contribution >= 4 is 15.9 Å². The lowest BCUT2D eigenvalue weighted by Gasteiger charge is -2.33. The molecule has 1 fully saturated rings. The second-order valence-electron chi connectivity index (χ2n) is 4.01. The van der Waals surface area contributed by atoms with Gasteiger partial charge in [0.2, 0.25) is 0 Å². The van der Waals surface area contributed by atoms with Gasteiger partial charge in [-0.2, -0.15) is 0 Å². The Hall–Kier alpha value is -0.450. The van der Waals surface area contributed by atoms with E-state index in [1.807, 2.05) is 6.20 Å². The van der Waals surface area contributed by atoms with Gasteiger partial charge in [0.1, 0.15) is 4.60 Å². The van der Waals surface area contributed by atoms with E-state index in [0.29, 0.717) is 6.04 Å². The zero-order chi connectivity index (χ0) is 10.7. The standard InChI is InChI=1S/C11H16BrN3/c1-9-7-13-4-5-15(9)8-10-2-3-14-11(12)6-10/h2-3,6,9,13H,4-5,7-8H2,1H3/t9-/m0/s1. The molecule has 82 valence electrons. The Kier molecular flexibility index (Phi) is 3.72. The van der Waals surface area contributed by atoms with E-state index >= 15 is 0 Å². The predicted octanol–water partition coefficient (Wildman–Crippen LogP) is 1.64. The van der Waals surface area contributed by atoms with E-state index < -0.39 is 0 Å². The van der Waals surface area contributed by atoms with Gasteiger partial charge in [0.25, 0.3) is 0 Å². The van der Waals surface area contributed by atoms with Gasteiger partial charge in [-0.25, -0.2) is 4.98 Å². The third kappa shape index (κ3) is 3.00. The summed E-state index contributed by atoms with van der Waals surface area (Å²) in [5.74, 6) is 0. The van der Waals surface area contributed by atoms with Crippen LogP contribution in [-0.2, 0) is 6.54 Å². The summed E-state index contributed by atoms with van der Waals surface area (Å²) in [7, 11) is 0. The van der Waals surface area contributed by atoms with Crippen LogP contribution in [-0.4, -0.2) is 35.6 Å². The fraction of sp³-hybridized carbons (Fsp3) is 0.545. The number of rotatable bonds is 2. The maximum absolute atomic E-state index is 4.14. The summed E-state index contributed by atoms with van der Waals surface area (Å²) in [4.78, 5) is 6.64. The van der Waals surface area contributed by atoms with Crippen LogP contribution >= 0.6 is 15.9 Å². The molecule has 15 heavy (non-hydrogen) atoms. The Morgan fingerprint density at radius 3 is 3.27 bits per heavy atom. The largest absolute Gasteiger partial charge is 0.314 e. The second kappa shape index (κ2) is 5.05. The van der Waals surface area contributed by atoms with E-state index in [0.717, 1.165) is 30.8 Å². The first-order valence-corrected chi connectivity index (χ1v) is 6.10. The molecule has 0 aromatic carbocycles. The number of nitrogens with zero attached hydrogens (tertiary/aromatic N) is 2. The number of pyridine rings is 1. The highest BCUT2D eigenvalue weighted by Crippen LogP contribution is 2.13. The molecule has 0 radical (unpaired) electrons. The predicted molar refractivity (Wildman–Crippen MR) is 64.7 cm³/mol. The number of hydrogen-bond donors (Lipinski definition) is 1. The highest BCUT2D eigenvalue weighted by molar-refractivity contribution is 9.10. The maximum atomic E-state index is 4.14. The third-order valence-electron chi connectivity index (χ3n) is 2.82. The SMILES string of the molecule is C[C@H]1CNCCN1Cc1ccnc(Br)c1. The quantitative estimate of drug-likeness (QED) is 0.828. The van der Waals surface area contributed by atoms with Crippen LogP contribution in [0.25, 0.3) is 0 Å². The fourth-order valence-corrected chi connectivity index (χ4v) is 2.31. The lowest BCUT2D eigenvalue weighted by atomic mass is 10.2. The van der Waals surface area contributed by atoms with Crippen molar-refractivity contribution in [3.63, 3.8) is 0 Å². The van der Waals surface area contributed by atoms with Gasteiger partial charge in [0.15, 0.2) is 0 Å². The first kappa shape index (κ1) is 11.0. The third-order valence-corrected chi connectivity index (χ3v) is 3.25. The zero-order valence-electron chi connectivity index (χ0n) is 8.91. The van der Waals surface area contributed by atoms with E-state index in [2.05, 4.69) is 50.2 Å². The number of hydrogen-bond acceptors (Lipinski definition) is 3. The molecule has 0 saturated carbocycles. The number of piperazine rings is 1. The first-order valence-electron chi connectivity index (χ1n) is 5.31. The molecule has 1 aliphatic heterocycles. The summed E-state index contributed by atoms with van der Waals surface area (Å²) < 4.78 is 0.919. The highest BCUT2D eigenvalue weighted by Gasteiger charge is 2.17.